The lowest BCUT2D eigenvalue weighted by Gasteiger charge is -2.40. The predicted octanol–water partition coefficient (Wildman–Crippen LogP) is 3.27. The molecule has 1 aliphatic heterocycles. The van der Waals surface area contributed by atoms with Gasteiger partial charge in [0.1, 0.15) is 11.8 Å². The van der Waals surface area contributed by atoms with E-state index in [-0.39, 0.29) is 0 Å². The number of aldehydes is 1. The maximum atomic E-state index is 12.0. The van der Waals surface area contributed by atoms with E-state index in [1.165, 1.54) is 0 Å². The van der Waals surface area contributed by atoms with Crippen LogP contribution in [0.3, 0.4) is 0 Å². The summed E-state index contributed by atoms with van der Waals surface area (Å²) in [6.45, 7) is 0.447. The fourth-order valence-electron chi connectivity index (χ4n) is 3.03. The van der Waals surface area contributed by atoms with Crippen LogP contribution in [0.4, 0.5) is 11.4 Å². The Morgan fingerprint density at radius 1 is 1.19 bits per heavy atom. The number of nitrogens with zero attached hydrogens (tertiary/aromatic N) is 5. The number of hydrogen-bond acceptors (Lipinski definition) is 7. The number of pyridine rings is 1. The average molecular weight is 373 g/mol. The molecular weight excluding hydrogens is 358 g/mol. The van der Waals surface area contributed by atoms with Gasteiger partial charge in [0.25, 0.3) is 0 Å². The molecule has 0 N–H and O–H groups in total. The highest BCUT2D eigenvalue weighted by molar-refractivity contribution is 7.08. The van der Waals surface area contributed by atoms with Crippen molar-refractivity contribution in [3.05, 3.63) is 76.7 Å². The molecule has 0 saturated heterocycles. The minimum atomic E-state index is -0.651. The van der Waals surface area contributed by atoms with Crippen LogP contribution in [0.25, 0.3) is 0 Å². The Morgan fingerprint density at radius 2 is 2.04 bits per heavy atom. The van der Waals surface area contributed by atoms with Gasteiger partial charge in [-0.15, -0.1) is 0 Å². The summed E-state index contributed by atoms with van der Waals surface area (Å²) >= 11 is 1.56. The molecule has 3 heterocycles. The lowest BCUT2D eigenvalue weighted by atomic mass is 10.1. The molecule has 4 rings (SSSR count). The number of carbonyl (C=O) groups is 1. The van der Waals surface area contributed by atoms with Gasteiger partial charge < -0.3 is 4.90 Å². The molecule has 3 aromatic rings. The Balaban J connectivity index is 1.87. The molecule has 1 atom stereocenters. The summed E-state index contributed by atoms with van der Waals surface area (Å²) in [6.07, 6.45) is 1.91. The zero-order valence-corrected chi connectivity index (χ0v) is 15.1. The summed E-state index contributed by atoms with van der Waals surface area (Å²) in [5, 5.41) is 19.8. The molecule has 27 heavy (non-hydrogen) atoms. The van der Waals surface area contributed by atoms with Gasteiger partial charge in [0.2, 0.25) is 0 Å². The molecule has 0 bridgehead atoms. The van der Waals surface area contributed by atoms with Gasteiger partial charge in [0.05, 0.1) is 23.5 Å². The monoisotopic (exact) mass is 373 g/mol. The lowest BCUT2D eigenvalue weighted by molar-refractivity contribution is -0.109. The number of hydrogen-bond donors (Lipinski definition) is 0. The van der Waals surface area contributed by atoms with Crippen LogP contribution in [-0.4, -0.2) is 29.7 Å². The Hall–Kier alpha value is -3.50. The fourth-order valence-corrected chi connectivity index (χ4v) is 3.68. The van der Waals surface area contributed by atoms with Crippen molar-refractivity contribution in [1.82, 2.24) is 4.98 Å². The normalized spacial score (nSPS) is 16.6. The summed E-state index contributed by atoms with van der Waals surface area (Å²) < 4.78 is 0. The topological polar surface area (TPSA) is 72.6 Å². The van der Waals surface area contributed by atoms with Crippen molar-refractivity contribution in [2.75, 3.05) is 16.5 Å². The minimum Gasteiger partial charge on any atom is -0.337 e. The first kappa shape index (κ1) is 16.9. The first-order valence-electron chi connectivity index (χ1n) is 8.33. The molecule has 7 heteroatoms. The van der Waals surface area contributed by atoms with Crippen LogP contribution in [0.15, 0.2) is 70.6 Å². The van der Waals surface area contributed by atoms with Crippen molar-refractivity contribution in [2.24, 2.45) is 5.10 Å². The van der Waals surface area contributed by atoms with Crippen molar-refractivity contribution in [3.63, 3.8) is 0 Å². The van der Waals surface area contributed by atoms with E-state index in [1.807, 2.05) is 46.0 Å². The van der Waals surface area contributed by atoms with E-state index in [1.54, 1.807) is 40.7 Å². The van der Waals surface area contributed by atoms with Crippen molar-refractivity contribution in [2.45, 2.75) is 6.17 Å². The van der Waals surface area contributed by atoms with E-state index in [4.69, 9.17) is 5.10 Å². The van der Waals surface area contributed by atoms with Gasteiger partial charge >= 0.3 is 0 Å². The zero-order chi connectivity index (χ0) is 18.6. The van der Waals surface area contributed by atoms with Gasteiger partial charge in [0, 0.05) is 17.3 Å². The molecule has 1 aliphatic rings. The number of benzene rings is 1. The van der Waals surface area contributed by atoms with Gasteiger partial charge in [0.15, 0.2) is 12.5 Å². The van der Waals surface area contributed by atoms with E-state index in [0.717, 1.165) is 23.4 Å². The molecular formula is C20H15N5OS. The van der Waals surface area contributed by atoms with Crippen LogP contribution in [0.2, 0.25) is 0 Å². The largest absolute Gasteiger partial charge is 0.337 e. The van der Waals surface area contributed by atoms with Crippen LogP contribution in [-0.2, 0) is 4.79 Å². The second kappa shape index (κ2) is 7.40. The van der Waals surface area contributed by atoms with Crippen molar-refractivity contribution in [1.29, 1.82) is 5.26 Å². The summed E-state index contributed by atoms with van der Waals surface area (Å²) in [5.41, 5.74) is 3.44. The van der Waals surface area contributed by atoms with Crippen LogP contribution >= 0.6 is 11.3 Å². The van der Waals surface area contributed by atoms with E-state index in [2.05, 4.69) is 11.1 Å². The summed E-state index contributed by atoms with van der Waals surface area (Å²) in [6, 6.07) is 16.9. The third-order valence-electron chi connectivity index (χ3n) is 4.31. The number of rotatable bonds is 4. The molecule has 1 aromatic carbocycles. The highest BCUT2D eigenvalue weighted by atomic mass is 32.1. The summed E-state index contributed by atoms with van der Waals surface area (Å²) in [5.74, 6) is 0. The van der Waals surface area contributed by atoms with Crippen LogP contribution in [0.1, 0.15) is 11.3 Å². The number of aromatic nitrogens is 1. The second-order valence-electron chi connectivity index (χ2n) is 5.89. The number of hydrazone groups is 1. The molecule has 0 fully saturated rings. The van der Waals surface area contributed by atoms with E-state index in [0.29, 0.717) is 17.8 Å². The van der Waals surface area contributed by atoms with E-state index < -0.39 is 6.17 Å². The Labute approximate surface area is 160 Å². The Kier molecular flexibility index (Phi) is 4.64. The summed E-state index contributed by atoms with van der Waals surface area (Å²) in [4.78, 5) is 18.4. The maximum Gasteiger partial charge on any atom is 0.180 e. The quantitative estimate of drug-likeness (QED) is 0.656. The third-order valence-corrected chi connectivity index (χ3v) is 4.98. The molecule has 0 amide bonds. The first-order chi connectivity index (χ1) is 13.3. The molecule has 6 nitrogen and oxygen atoms in total. The number of carbonyl (C=O) groups excluding carboxylic acids is 1. The van der Waals surface area contributed by atoms with Crippen molar-refractivity contribution in [3.8, 4) is 6.07 Å². The molecule has 0 aliphatic carbocycles. The van der Waals surface area contributed by atoms with Gasteiger partial charge in [-0.05, 0) is 35.7 Å². The standard InChI is InChI=1S/C20H15N5OS/c21-11-15-5-1-2-7-19(15)25-20(13-26)24(16-8-10-27-14-16)12-18(23-25)17-6-3-4-9-22-17/h1-10,13-14,20H,12H2. The molecule has 2 aromatic heterocycles. The third kappa shape index (κ3) is 3.18. The van der Waals surface area contributed by atoms with Crippen molar-refractivity contribution < 1.29 is 4.79 Å². The Bertz CT molecular complexity index is 1010. The second-order valence-corrected chi connectivity index (χ2v) is 6.67. The Morgan fingerprint density at radius 3 is 2.74 bits per heavy atom. The highest BCUT2D eigenvalue weighted by Gasteiger charge is 2.33. The molecule has 1 unspecified atom stereocenters. The van der Waals surface area contributed by atoms with Crippen LogP contribution in [0.5, 0.6) is 0 Å². The number of thiophene rings is 1. The van der Waals surface area contributed by atoms with Crippen molar-refractivity contribution >= 4 is 34.7 Å². The first-order valence-corrected chi connectivity index (χ1v) is 9.27. The van der Waals surface area contributed by atoms with Gasteiger partial charge in [-0.1, -0.05) is 18.2 Å². The number of para-hydroxylation sites is 1. The predicted molar refractivity (Wildman–Crippen MR) is 106 cm³/mol. The minimum absolute atomic E-state index is 0.447. The fraction of sp³-hybridized carbons (Fsp3) is 0.100. The van der Waals surface area contributed by atoms with Gasteiger partial charge in [-0.25, -0.2) is 5.01 Å². The average Bonchev–Trinajstić information content (AvgIpc) is 3.28. The molecule has 0 radical (unpaired) electrons. The SMILES string of the molecule is N#Cc1ccccc1N1N=C(c2ccccn2)CN(c2ccsc2)C1C=O. The van der Waals surface area contributed by atoms with E-state index >= 15 is 0 Å². The summed E-state index contributed by atoms with van der Waals surface area (Å²) in [7, 11) is 0. The van der Waals surface area contributed by atoms with Gasteiger partial charge in [-0.3, -0.25) is 9.78 Å². The number of anilines is 2. The highest BCUT2D eigenvalue weighted by Crippen LogP contribution is 2.30. The maximum absolute atomic E-state index is 12.0. The lowest BCUT2D eigenvalue weighted by Crippen LogP contribution is -2.54. The van der Waals surface area contributed by atoms with Crippen LogP contribution in [0, 0.1) is 11.3 Å². The molecule has 0 spiro atoms. The van der Waals surface area contributed by atoms with E-state index in [9.17, 15) is 10.1 Å². The molecule has 132 valence electrons. The van der Waals surface area contributed by atoms with Crippen LogP contribution < -0.4 is 9.91 Å². The zero-order valence-electron chi connectivity index (χ0n) is 14.3. The smallest absolute Gasteiger partial charge is 0.180 e. The van der Waals surface area contributed by atoms with Gasteiger partial charge in [-0.2, -0.15) is 21.7 Å². The number of nitriles is 1. The molecule has 0 saturated carbocycles.